The van der Waals surface area contributed by atoms with Crippen molar-refractivity contribution in [2.75, 3.05) is 5.32 Å². The maximum Gasteiger partial charge on any atom is 0.310 e. The number of carbonyl (C=O) groups excluding carboxylic acids is 1. The van der Waals surface area contributed by atoms with Crippen LogP contribution in [0.1, 0.15) is 21.9 Å². The van der Waals surface area contributed by atoms with Gasteiger partial charge in [-0.1, -0.05) is 24.3 Å². The Labute approximate surface area is 180 Å². The zero-order valence-corrected chi connectivity index (χ0v) is 16.5. The molecule has 0 aliphatic carbocycles. The standard InChI is InChI=1S/C21H16FN5O5/c22-15-7-5-14(6-8-15)11-26-13-23-21(25-26)24-20(28)19-10-9-16(32-19)12-31-18-4-2-1-3-17(18)27(29)30/h1-10,13H,11-12H2,(H,24,25,28). The van der Waals surface area contributed by atoms with Crippen LogP contribution in [0.15, 0.2) is 71.4 Å². The van der Waals surface area contributed by atoms with E-state index in [1.807, 2.05) is 0 Å². The molecule has 0 fully saturated rings. The first-order valence-electron chi connectivity index (χ1n) is 9.38. The van der Waals surface area contributed by atoms with Gasteiger partial charge in [0.1, 0.15) is 24.5 Å². The minimum absolute atomic E-state index is 0.000968. The van der Waals surface area contributed by atoms with Gasteiger partial charge in [0.2, 0.25) is 5.95 Å². The fourth-order valence-corrected chi connectivity index (χ4v) is 2.82. The van der Waals surface area contributed by atoms with Crippen LogP contribution in [0.5, 0.6) is 5.75 Å². The maximum absolute atomic E-state index is 13.0. The van der Waals surface area contributed by atoms with Crippen molar-refractivity contribution in [3.05, 3.63) is 100 Å². The second kappa shape index (κ2) is 9.08. The third kappa shape index (κ3) is 4.95. The van der Waals surface area contributed by atoms with Gasteiger partial charge in [-0.05, 0) is 35.9 Å². The Bertz CT molecular complexity index is 1250. The number of para-hydroxylation sites is 2. The molecule has 0 radical (unpaired) electrons. The topological polar surface area (TPSA) is 125 Å². The number of carbonyl (C=O) groups is 1. The molecule has 1 N–H and O–H groups in total. The third-order valence-electron chi connectivity index (χ3n) is 4.34. The summed E-state index contributed by atoms with van der Waals surface area (Å²) in [5, 5.41) is 17.7. The highest BCUT2D eigenvalue weighted by Crippen LogP contribution is 2.26. The number of amides is 1. The van der Waals surface area contributed by atoms with Crippen LogP contribution in [-0.2, 0) is 13.2 Å². The summed E-state index contributed by atoms with van der Waals surface area (Å²) in [6.45, 7) is 0.264. The Morgan fingerprint density at radius 2 is 1.94 bits per heavy atom. The summed E-state index contributed by atoms with van der Waals surface area (Å²) in [6, 6.07) is 14.9. The fraction of sp³-hybridized carbons (Fsp3) is 0.0952. The largest absolute Gasteiger partial charge is 0.479 e. The number of nitrogens with zero attached hydrogens (tertiary/aromatic N) is 4. The molecule has 4 rings (SSSR count). The lowest BCUT2D eigenvalue weighted by atomic mass is 10.2. The lowest BCUT2D eigenvalue weighted by Gasteiger charge is -2.04. The van der Waals surface area contributed by atoms with E-state index in [4.69, 9.17) is 9.15 Å². The van der Waals surface area contributed by atoms with Crippen molar-refractivity contribution in [2.24, 2.45) is 0 Å². The van der Waals surface area contributed by atoms with Crippen molar-refractivity contribution < 1.29 is 23.3 Å². The number of nitrogens with one attached hydrogen (secondary N) is 1. The van der Waals surface area contributed by atoms with Gasteiger partial charge in [0.25, 0.3) is 5.91 Å². The number of hydrogen-bond donors (Lipinski definition) is 1. The molecule has 0 bridgehead atoms. The minimum atomic E-state index is -0.568. The summed E-state index contributed by atoms with van der Waals surface area (Å²) < 4.78 is 25.4. The molecule has 2 aromatic heterocycles. The molecule has 4 aromatic rings. The smallest absolute Gasteiger partial charge is 0.310 e. The van der Waals surface area contributed by atoms with E-state index in [9.17, 15) is 19.3 Å². The SMILES string of the molecule is O=C(Nc1ncn(Cc2ccc(F)cc2)n1)c1ccc(COc2ccccc2[N+](=O)[O-])o1. The van der Waals surface area contributed by atoms with Crippen LogP contribution in [0.2, 0.25) is 0 Å². The highest BCUT2D eigenvalue weighted by molar-refractivity contribution is 6.01. The summed E-state index contributed by atoms with van der Waals surface area (Å²) in [5.74, 6) is -0.418. The molecule has 32 heavy (non-hydrogen) atoms. The van der Waals surface area contributed by atoms with Gasteiger partial charge in [-0.2, -0.15) is 0 Å². The van der Waals surface area contributed by atoms with Gasteiger partial charge in [0.15, 0.2) is 11.5 Å². The van der Waals surface area contributed by atoms with E-state index in [0.717, 1.165) is 5.56 Å². The molecule has 1 amide bonds. The van der Waals surface area contributed by atoms with E-state index in [1.165, 1.54) is 53.5 Å². The molecular weight excluding hydrogens is 421 g/mol. The highest BCUT2D eigenvalue weighted by Gasteiger charge is 2.17. The Kier molecular flexibility index (Phi) is 5.88. The summed E-state index contributed by atoms with van der Waals surface area (Å²) >= 11 is 0. The minimum Gasteiger partial charge on any atom is -0.479 e. The highest BCUT2D eigenvalue weighted by atomic mass is 19.1. The van der Waals surface area contributed by atoms with E-state index in [0.29, 0.717) is 12.3 Å². The van der Waals surface area contributed by atoms with E-state index < -0.39 is 10.8 Å². The molecule has 0 aliphatic rings. The van der Waals surface area contributed by atoms with Gasteiger partial charge in [-0.25, -0.2) is 14.1 Å². The Hall–Kier alpha value is -4.54. The molecular formula is C21H16FN5O5. The van der Waals surface area contributed by atoms with Crippen LogP contribution in [0, 0.1) is 15.9 Å². The monoisotopic (exact) mass is 437 g/mol. The number of nitro benzene ring substituents is 1. The van der Waals surface area contributed by atoms with Gasteiger partial charge in [0.05, 0.1) is 11.5 Å². The van der Waals surface area contributed by atoms with Crippen LogP contribution in [0.3, 0.4) is 0 Å². The number of benzene rings is 2. The predicted octanol–water partition coefficient (Wildman–Crippen LogP) is 3.80. The number of anilines is 1. The van der Waals surface area contributed by atoms with Crippen molar-refractivity contribution in [2.45, 2.75) is 13.2 Å². The summed E-state index contributed by atoms with van der Waals surface area (Å²) in [6.07, 6.45) is 1.44. The number of hydrogen-bond acceptors (Lipinski definition) is 7. The van der Waals surface area contributed by atoms with Crippen molar-refractivity contribution in [1.82, 2.24) is 14.8 Å². The van der Waals surface area contributed by atoms with E-state index in [-0.39, 0.29) is 35.6 Å². The number of nitro groups is 1. The lowest BCUT2D eigenvalue weighted by molar-refractivity contribution is -0.386. The number of ether oxygens (including phenoxy) is 1. The number of halogens is 1. The Morgan fingerprint density at radius 3 is 2.72 bits per heavy atom. The van der Waals surface area contributed by atoms with Crippen molar-refractivity contribution >= 4 is 17.5 Å². The maximum atomic E-state index is 13.0. The zero-order valence-electron chi connectivity index (χ0n) is 16.5. The molecule has 0 saturated carbocycles. The number of furan rings is 1. The molecule has 2 aromatic carbocycles. The quantitative estimate of drug-likeness (QED) is 0.328. The predicted molar refractivity (Wildman–Crippen MR) is 110 cm³/mol. The molecule has 11 heteroatoms. The Balaban J connectivity index is 1.35. The van der Waals surface area contributed by atoms with Crippen molar-refractivity contribution in [3.63, 3.8) is 0 Å². The first-order chi connectivity index (χ1) is 15.5. The molecule has 2 heterocycles. The number of aromatic nitrogens is 3. The van der Waals surface area contributed by atoms with Crippen LogP contribution in [0.4, 0.5) is 16.0 Å². The van der Waals surface area contributed by atoms with Gasteiger partial charge in [-0.3, -0.25) is 20.2 Å². The molecule has 0 saturated heterocycles. The van der Waals surface area contributed by atoms with Crippen molar-refractivity contribution in [1.29, 1.82) is 0 Å². The third-order valence-corrected chi connectivity index (χ3v) is 4.34. The van der Waals surface area contributed by atoms with Crippen LogP contribution < -0.4 is 10.1 Å². The average molecular weight is 437 g/mol. The molecule has 10 nitrogen and oxygen atoms in total. The first kappa shape index (κ1) is 20.7. The first-order valence-corrected chi connectivity index (χ1v) is 9.38. The average Bonchev–Trinajstić information content (AvgIpc) is 3.43. The molecule has 0 aliphatic heterocycles. The summed E-state index contributed by atoms with van der Waals surface area (Å²) in [7, 11) is 0. The van der Waals surface area contributed by atoms with Gasteiger partial charge >= 0.3 is 5.69 Å². The van der Waals surface area contributed by atoms with E-state index >= 15 is 0 Å². The molecule has 0 spiro atoms. The van der Waals surface area contributed by atoms with Crippen LogP contribution in [-0.4, -0.2) is 25.6 Å². The summed E-state index contributed by atoms with van der Waals surface area (Å²) in [4.78, 5) is 26.9. The Morgan fingerprint density at radius 1 is 1.16 bits per heavy atom. The van der Waals surface area contributed by atoms with Gasteiger partial charge < -0.3 is 9.15 Å². The zero-order chi connectivity index (χ0) is 22.5. The van der Waals surface area contributed by atoms with Gasteiger partial charge in [-0.15, -0.1) is 5.10 Å². The molecule has 162 valence electrons. The second-order valence-electron chi connectivity index (χ2n) is 6.63. The summed E-state index contributed by atoms with van der Waals surface area (Å²) in [5.41, 5.74) is 0.655. The van der Waals surface area contributed by atoms with Gasteiger partial charge in [0, 0.05) is 6.07 Å². The molecule has 0 unspecified atom stereocenters. The number of rotatable bonds is 8. The van der Waals surface area contributed by atoms with E-state index in [2.05, 4.69) is 15.4 Å². The lowest BCUT2D eigenvalue weighted by Crippen LogP contribution is -2.12. The molecule has 0 atom stereocenters. The van der Waals surface area contributed by atoms with Crippen LogP contribution >= 0.6 is 0 Å². The normalized spacial score (nSPS) is 10.7. The van der Waals surface area contributed by atoms with Crippen LogP contribution in [0.25, 0.3) is 0 Å². The van der Waals surface area contributed by atoms with Crippen molar-refractivity contribution in [3.8, 4) is 5.75 Å². The second-order valence-corrected chi connectivity index (χ2v) is 6.63. The van der Waals surface area contributed by atoms with E-state index in [1.54, 1.807) is 18.2 Å². The fourth-order valence-electron chi connectivity index (χ4n) is 2.82.